The Labute approximate surface area is 154 Å². The Morgan fingerprint density at radius 3 is 2.50 bits per heavy atom. The maximum absolute atomic E-state index is 12.8. The van der Waals surface area contributed by atoms with E-state index in [1.165, 1.54) is 4.31 Å². The molecule has 1 unspecified atom stereocenters. The van der Waals surface area contributed by atoms with Gasteiger partial charge in [-0.05, 0) is 49.1 Å². The van der Waals surface area contributed by atoms with Crippen molar-refractivity contribution in [2.45, 2.75) is 32.7 Å². The van der Waals surface area contributed by atoms with E-state index in [2.05, 4.69) is 5.32 Å². The average molecular weight is 375 g/mol. The fourth-order valence-electron chi connectivity index (χ4n) is 3.35. The standard InChI is InChI=1S/C19H25N3O3S/c1-15(2)18(21-10-3-4-11-21)19(23)20-16-8-7-9-17(14-16)22-12-5-6-13-26(22,24)25/h3-4,7-11,14-15,18H,5-6,12-13H2,1-2H3,(H,20,23). The molecule has 1 aromatic carbocycles. The van der Waals surface area contributed by atoms with Crippen LogP contribution in [-0.4, -0.2) is 31.2 Å². The third kappa shape index (κ3) is 3.93. The number of anilines is 2. The lowest BCUT2D eigenvalue weighted by molar-refractivity contribution is -0.120. The number of aromatic nitrogens is 1. The van der Waals surface area contributed by atoms with E-state index in [1.54, 1.807) is 24.3 Å². The largest absolute Gasteiger partial charge is 0.342 e. The normalized spacial score (nSPS) is 17.9. The number of rotatable bonds is 5. The number of sulfonamides is 1. The van der Waals surface area contributed by atoms with E-state index >= 15 is 0 Å². The molecule has 0 radical (unpaired) electrons. The number of amides is 1. The highest BCUT2D eigenvalue weighted by molar-refractivity contribution is 7.92. The van der Waals surface area contributed by atoms with Gasteiger partial charge in [-0.2, -0.15) is 0 Å². The Morgan fingerprint density at radius 2 is 1.85 bits per heavy atom. The Bertz CT molecular complexity index is 860. The molecule has 7 heteroatoms. The van der Waals surface area contributed by atoms with Crippen molar-refractivity contribution in [1.29, 1.82) is 0 Å². The van der Waals surface area contributed by atoms with Gasteiger partial charge in [-0.3, -0.25) is 9.10 Å². The van der Waals surface area contributed by atoms with E-state index in [4.69, 9.17) is 0 Å². The van der Waals surface area contributed by atoms with Gasteiger partial charge < -0.3 is 9.88 Å². The lowest BCUT2D eigenvalue weighted by Crippen LogP contribution is -2.37. The summed E-state index contributed by atoms with van der Waals surface area (Å²) >= 11 is 0. The summed E-state index contributed by atoms with van der Waals surface area (Å²) in [4.78, 5) is 12.8. The molecule has 1 saturated heterocycles. The van der Waals surface area contributed by atoms with Crippen LogP contribution in [0.15, 0.2) is 48.8 Å². The lowest BCUT2D eigenvalue weighted by atomic mass is 10.0. The summed E-state index contributed by atoms with van der Waals surface area (Å²) in [5, 5.41) is 2.94. The molecule has 2 heterocycles. The smallest absolute Gasteiger partial charge is 0.247 e. The predicted molar refractivity (Wildman–Crippen MR) is 104 cm³/mol. The Hall–Kier alpha value is -2.28. The second-order valence-corrected chi connectivity index (χ2v) is 8.97. The van der Waals surface area contributed by atoms with E-state index < -0.39 is 10.0 Å². The van der Waals surface area contributed by atoms with Gasteiger partial charge in [-0.25, -0.2) is 8.42 Å². The highest BCUT2D eigenvalue weighted by atomic mass is 32.2. The highest BCUT2D eigenvalue weighted by Crippen LogP contribution is 2.27. The summed E-state index contributed by atoms with van der Waals surface area (Å²) in [6.07, 6.45) is 5.29. The minimum atomic E-state index is -3.27. The molecule has 1 aliphatic heterocycles. The van der Waals surface area contributed by atoms with Gasteiger partial charge in [0, 0.05) is 24.6 Å². The van der Waals surface area contributed by atoms with Crippen LogP contribution in [0.5, 0.6) is 0 Å². The molecule has 0 aliphatic carbocycles. The van der Waals surface area contributed by atoms with Gasteiger partial charge in [-0.1, -0.05) is 19.9 Å². The number of nitrogens with one attached hydrogen (secondary N) is 1. The quantitative estimate of drug-likeness (QED) is 0.872. The number of nitrogens with zero attached hydrogens (tertiary/aromatic N) is 2. The zero-order chi connectivity index (χ0) is 18.7. The second kappa shape index (κ2) is 7.53. The number of hydrogen-bond donors (Lipinski definition) is 1. The van der Waals surface area contributed by atoms with E-state index in [0.29, 0.717) is 24.3 Å². The molecule has 1 aromatic heterocycles. The lowest BCUT2D eigenvalue weighted by Gasteiger charge is -2.28. The number of hydrogen-bond acceptors (Lipinski definition) is 3. The van der Waals surface area contributed by atoms with Crippen LogP contribution in [0.4, 0.5) is 11.4 Å². The van der Waals surface area contributed by atoms with E-state index in [1.807, 2.05) is 42.9 Å². The first-order valence-electron chi connectivity index (χ1n) is 8.92. The van der Waals surface area contributed by atoms with E-state index in [0.717, 1.165) is 6.42 Å². The molecule has 1 atom stereocenters. The fraction of sp³-hybridized carbons (Fsp3) is 0.421. The first kappa shape index (κ1) is 18.5. The molecule has 0 spiro atoms. The van der Waals surface area contributed by atoms with Crippen molar-refractivity contribution >= 4 is 27.3 Å². The van der Waals surface area contributed by atoms with Crippen molar-refractivity contribution in [2.75, 3.05) is 21.9 Å². The van der Waals surface area contributed by atoms with Gasteiger partial charge in [0.15, 0.2) is 0 Å². The van der Waals surface area contributed by atoms with Crippen molar-refractivity contribution in [3.05, 3.63) is 48.8 Å². The minimum Gasteiger partial charge on any atom is -0.342 e. The highest BCUT2D eigenvalue weighted by Gasteiger charge is 2.27. The van der Waals surface area contributed by atoms with Gasteiger partial charge in [0.2, 0.25) is 15.9 Å². The van der Waals surface area contributed by atoms with Crippen LogP contribution in [0.2, 0.25) is 0 Å². The summed E-state index contributed by atoms with van der Waals surface area (Å²) in [5.41, 5.74) is 1.20. The van der Waals surface area contributed by atoms with Crippen LogP contribution in [0.25, 0.3) is 0 Å². The molecule has 1 amide bonds. The first-order valence-corrected chi connectivity index (χ1v) is 10.5. The molecule has 3 rings (SSSR count). The zero-order valence-electron chi connectivity index (χ0n) is 15.1. The molecule has 0 saturated carbocycles. The van der Waals surface area contributed by atoms with E-state index in [-0.39, 0.29) is 23.6 Å². The van der Waals surface area contributed by atoms with Gasteiger partial charge in [-0.15, -0.1) is 0 Å². The summed E-state index contributed by atoms with van der Waals surface area (Å²) in [7, 11) is -3.27. The Morgan fingerprint density at radius 1 is 1.12 bits per heavy atom. The molecular formula is C19H25N3O3S. The number of carbonyl (C=O) groups excluding carboxylic acids is 1. The van der Waals surface area contributed by atoms with E-state index in [9.17, 15) is 13.2 Å². The van der Waals surface area contributed by atoms with Gasteiger partial charge in [0.05, 0.1) is 11.4 Å². The van der Waals surface area contributed by atoms with Crippen molar-refractivity contribution < 1.29 is 13.2 Å². The van der Waals surface area contributed by atoms with Crippen LogP contribution in [0.1, 0.15) is 32.7 Å². The molecule has 0 bridgehead atoms. The van der Waals surface area contributed by atoms with Crippen LogP contribution < -0.4 is 9.62 Å². The molecule has 1 aliphatic rings. The predicted octanol–water partition coefficient (Wildman–Crippen LogP) is 3.25. The van der Waals surface area contributed by atoms with Crippen LogP contribution in [-0.2, 0) is 14.8 Å². The van der Waals surface area contributed by atoms with Gasteiger partial charge >= 0.3 is 0 Å². The van der Waals surface area contributed by atoms with Crippen LogP contribution in [0.3, 0.4) is 0 Å². The minimum absolute atomic E-state index is 0.116. The third-order valence-corrected chi connectivity index (χ3v) is 6.47. The average Bonchev–Trinajstić information content (AvgIpc) is 3.08. The molecule has 1 N–H and O–H groups in total. The van der Waals surface area contributed by atoms with Gasteiger partial charge in [0.25, 0.3) is 0 Å². The molecule has 140 valence electrons. The molecule has 6 nitrogen and oxygen atoms in total. The second-order valence-electron chi connectivity index (χ2n) is 6.95. The monoisotopic (exact) mass is 375 g/mol. The summed E-state index contributed by atoms with van der Waals surface area (Å²) in [5.74, 6) is 0.176. The molecule has 1 fully saturated rings. The van der Waals surface area contributed by atoms with Crippen LogP contribution >= 0.6 is 0 Å². The summed E-state index contributed by atoms with van der Waals surface area (Å²) < 4.78 is 27.9. The number of carbonyl (C=O) groups is 1. The SMILES string of the molecule is CC(C)C(C(=O)Nc1cccc(N2CCCCS2(=O)=O)c1)n1cccc1. The maximum atomic E-state index is 12.8. The zero-order valence-corrected chi connectivity index (χ0v) is 15.9. The topological polar surface area (TPSA) is 71.4 Å². The summed E-state index contributed by atoms with van der Waals surface area (Å²) in [6, 6.07) is 10.5. The van der Waals surface area contributed by atoms with Crippen molar-refractivity contribution in [2.24, 2.45) is 5.92 Å². The first-order chi connectivity index (χ1) is 12.4. The Balaban J connectivity index is 1.81. The fourth-order valence-corrected chi connectivity index (χ4v) is 4.98. The summed E-state index contributed by atoms with van der Waals surface area (Å²) in [6.45, 7) is 4.49. The molecular weight excluding hydrogens is 350 g/mol. The van der Waals surface area contributed by atoms with Crippen molar-refractivity contribution in [1.82, 2.24) is 4.57 Å². The van der Waals surface area contributed by atoms with Crippen LogP contribution in [0, 0.1) is 5.92 Å². The third-order valence-electron chi connectivity index (χ3n) is 4.60. The Kier molecular flexibility index (Phi) is 5.36. The maximum Gasteiger partial charge on any atom is 0.247 e. The molecule has 2 aromatic rings. The molecule has 26 heavy (non-hydrogen) atoms. The van der Waals surface area contributed by atoms with Crippen molar-refractivity contribution in [3.8, 4) is 0 Å². The van der Waals surface area contributed by atoms with Gasteiger partial charge in [0.1, 0.15) is 6.04 Å². The number of benzene rings is 1. The van der Waals surface area contributed by atoms with Crippen molar-refractivity contribution in [3.63, 3.8) is 0 Å².